The Kier molecular flexibility index (Phi) is 4.46. The maximum atomic E-state index is 12.3. The molecule has 2 nitrogen and oxygen atoms in total. The molecule has 0 aromatic heterocycles. The van der Waals surface area contributed by atoms with Gasteiger partial charge >= 0.3 is 0 Å². The number of ether oxygens (including phenoxy) is 1. The van der Waals surface area contributed by atoms with Crippen molar-refractivity contribution < 1.29 is 9.53 Å². The van der Waals surface area contributed by atoms with E-state index < -0.39 is 0 Å². The summed E-state index contributed by atoms with van der Waals surface area (Å²) in [5.74, 6) is 0.844. The van der Waals surface area contributed by atoms with Crippen LogP contribution in [0.4, 0.5) is 0 Å². The molecular formula is C17H17ClO2. The highest BCUT2D eigenvalue weighted by molar-refractivity contribution is 6.31. The highest BCUT2D eigenvalue weighted by Crippen LogP contribution is 2.22. The number of hydrogen-bond acceptors (Lipinski definition) is 2. The Morgan fingerprint density at radius 3 is 2.50 bits per heavy atom. The molecule has 104 valence electrons. The summed E-state index contributed by atoms with van der Waals surface area (Å²) in [5.41, 5.74) is 3.58. The molecule has 0 saturated carbocycles. The summed E-state index contributed by atoms with van der Waals surface area (Å²) in [6.07, 6.45) is 0.310. The van der Waals surface area contributed by atoms with Gasteiger partial charge in [-0.15, -0.1) is 0 Å². The van der Waals surface area contributed by atoms with Gasteiger partial charge in [0, 0.05) is 17.0 Å². The number of Topliss-reactive ketones (excluding diaryl/α,β-unsaturated/α-hetero) is 1. The third-order valence-corrected chi connectivity index (χ3v) is 3.63. The minimum atomic E-state index is 0.0570. The van der Waals surface area contributed by atoms with Gasteiger partial charge in [-0.05, 0) is 54.8 Å². The summed E-state index contributed by atoms with van der Waals surface area (Å²) < 4.78 is 5.20. The molecule has 0 bridgehead atoms. The topological polar surface area (TPSA) is 26.3 Å². The number of carbonyl (C=O) groups is 1. The van der Waals surface area contributed by atoms with Crippen LogP contribution in [0.15, 0.2) is 36.4 Å². The number of benzene rings is 2. The lowest BCUT2D eigenvalue weighted by molar-refractivity contribution is 0.0993. The Balaban J connectivity index is 2.21. The number of hydrogen-bond donors (Lipinski definition) is 0. The van der Waals surface area contributed by atoms with Crippen LogP contribution in [0.25, 0.3) is 0 Å². The molecule has 2 rings (SSSR count). The Hall–Kier alpha value is -1.80. The molecule has 20 heavy (non-hydrogen) atoms. The lowest BCUT2D eigenvalue weighted by Crippen LogP contribution is -2.05. The van der Waals surface area contributed by atoms with Gasteiger partial charge in [-0.2, -0.15) is 0 Å². The van der Waals surface area contributed by atoms with Crippen molar-refractivity contribution in [1.82, 2.24) is 0 Å². The zero-order valence-electron chi connectivity index (χ0n) is 11.9. The smallest absolute Gasteiger partial charge is 0.167 e. The zero-order chi connectivity index (χ0) is 14.7. The summed E-state index contributed by atoms with van der Waals surface area (Å²) in [5, 5.41) is 0.642. The summed E-state index contributed by atoms with van der Waals surface area (Å²) in [6.45, 7) is 3.90. The number of ketones is 1. The van der Waals surface area contributed by atoms with Gasteiger partial charge in [-0.1, -0.05) is 23.7 Å². The Morgan fingerprint density at radius 1 is 1.15 bits per heavy atom. The van der Waals surface area contributed by atoms with Crippen LogP contribution in [0, 0.1) is 13.8 Å². The predicted molar refractivity (Wildman–Crippen MR) is 82.0 cm³/mol. The first-order chi connectivity index (χ1) is 9.51. The first-order valence-electron chi connectivity index (χ1n) is 6.44. The van der Waals surface area contributed by atoms with Crippen LogP contribution >= 0.6 is 11.6 Å². The van der Waals surface area contributed by atoms with Crippen molar-refractivity contribution in [1.29, 1.82) is 0 Å². The van der Waals surface area contributed by atoms with Gasteiger partial charge in [0.1, 0.15) is 5.75 Å². The average Bonchev–Trinajstić information content (AvgIpc) is 2.41. The molecule has 0 amide bonds. The van der Waals surface area contributed by atoms with Crippen LogP contribution in [0.1, 0.15) is 27.0 Å². The number of aryl methyl sites for hydroxylation is 2. The highest BCUT2D eigenvalue weighted by Gasteiger charge is 2.11. The average molecular weight is 289 g/mol. The van der Waals surface area contributed by atoms with Gasteiger partial charge in [-0.3, -0.25) is 4.79 Å². The Morgan fingerprint density at radius 2 is 1.90 bits per heavy atom. The third kappa shape index (κ3) is 3.20. The maximum Gasteiger partial charge on any atom is 0.167 e. The SMILES string of the molecule is COc1ccc(C(=O)Cc2ccc(C)cc2Cl)cc1C. The lowest BCUT2D eigenvalue weighted by atomic mass is 10.0. The second-order valence-electron chi connectivity index (χ2n) is 4.88. The minimum Gasteiger partial charge on any atom is -0.496 e. The Labute approximate surface area is 124 Å². The molecule has 0 aliphatic rings. The van der Waals surface area contributed by atoms with E-state index in [2.05, 4.69) is 0 Å². The maximum absolute atomic E-state index is 12.3. The van der Waals surface area contributed by atoms with E-state index in [1.807, 2.05) is 44.2 Å². The van der Waals surface area contributed by atoms with Crippen LogP contribution in [0.3, 0.4) is 0 Å². The molecule has 2 aromatic rings. The fourth-order valence-corrected chi connectivity index (χ4v) is 2.42. The summed E-state index contributed by atoms with van der Waals surface area (Å²) in [6, 6.07) is 11.2. The summed E-state index contributed by atoms with van der Waals surface area (Å²) in [7, 11) is 1.62. The summed E-state index contributed by atoms with van der Waals surface area (Å²) in [4.78, 5) is 12.3. The van der Waals surface area contributed by atoms with Gasteiger partial charge in [0.2, 0.25) is 0 Å². The number of carbonyl (C=O) groups excluding carboxylic acids is 1. The number of halogens is 1. The minimum absolute atomic E-state index is 0.0570. The van der Waals surface area contributed by atoms with Crippen molar-refractivity contribution in [3.63, 3.8) is 0 Å². The molecule has 0 N–H and O–H groups in total. The monoisotopic (exact) mass is 288 g/mol. The molecule has 0 spiro atoms. The van der Waals surface area contributed by atoms with Crippen molar-refractivity contribution in [2.75, 3.05) is 7.11 Å². The van der Waals surface area contributed by atoms with Gasteiger partial charge in [0.05, 0.1) is 7.11 Å². The molecule has 0 unspecified atom stereocenters. The molecule has 0 heterocycles. The van der Waals surface area contributed by atoms with Crippen molar-refractivity contribution >= 4 is 17.4 Å². The molecule has 0 aliphatic carbocycles. The fraction of sp³-hybridized carbons (Fsp3) is 0.235. The van der Waals surface area contributed by atoms with Crippen LogP contribution in [0.5, 0.6) is 5.75 Å². The second kappa shape index (κ2) is 6.10. The van der Waals surface area contributed by atoms with Gasteiger partial charge in [0.15, 0.2) is 5.78 Å². The number of rotatable bonds is 4. The predicted octanol–water partition coefficient (Wildman–Crippen LogP) is 4.39. The van der Waals surface area contributed by atoms with E-state index in [1.54, 1.807) is 13.2 Å². The standard InChI is InChI=1S/C17H17ClO2/c1-11-4-5-13(15(18)8-11)10-16(19)14-6-7-17(20-3)12(2)9-14/h4-9H,10H2,1-3H3. The van der Waals surface area contributed by atoms with E-state index in [-0.39, 0.29) is 5.78 Å². The molecule has 2 aromatic carbocycles. The highest BCUT2D eigenvalue weighted by atomic mass is 35.5. The van der Waals surface area contributed by atoms with Gasteiger partial charge < -0.3 is 4.74 Å². The third-order valence-electron chi connectivity index (χ3n) is 3.28. The van der Waals surface area contributed by atoms with E-state index in [0.29, 0.717) is 17.0 Å². The van der Waals surface area contributed by atoms with Crippen molar-refractivity contribution in [2.24, 2.45) is 0 Å². The first-order valence-corrected chi connectivity index (χ1v) is 6.82. The molecule has 0 saturated heterocycles. The van der Waals surface area contributed by atoms with Crippen LogP contribution in [-0.4, -0.2) is 12.9 Å². The Bertz CT molecular complexity index is 647. The molecule has 0 atom stereocenters. The van der Waals surface area contributed by atoms with E-state index in [0.717, 1.165) is 22.4 Å². The van der Waals surface area contributed by atoms with Crippen LogP contribution in [0.2, 0.25) is 5.02 Å². The van der Waals surface area contributed by atoms with Crippen LogP contribution in [-0.2, 0) is 6.42 Å². The van der Waals surface area contributed by atoms with Crippen molar-refractivity contribution in [2.45, 2.75) is 20.3 Å². The zero-order valence-corrected chi connectivity index (χ0v) is 12.6. The fourth-order valence-electron chi connectivity index (χ4n) is 2.12. The molecular weight excluding hydrogens is 272 g/mol. The number of methoxy groups -OCH3 is 1. The van der Waals surface area contributed by atoms with E-state index in [1.165, 1.54) is 0 Å². The normalized spacial score (nSPS) is 10.4. The van der Waals surface area contributed by atoms with Crippen LogP contribution < -0.4 is 4.74 Å². The summed E-state index contributed by atoms with van der Waals surface area (Å²) >= 11 is 6.17. The van der Waals surface area contributed by atoms with Gasteiger partial charge in [-0.25, -0.2) is 0 Å². The molecule has 0 fully saturated rings. The largest absolute Gasteiger partial charge is 0.496 e. The molecule has 3 heteroatoms. The van der Waals surface area contributed by atoms with Crippen molar-refractivity contribution in [3.8, 4) is 5.75 Å². The first kappa shape index (κ1) is 14.6. The quantitative estimate of drug-likeness (QED) is 0.780. The van der Waals surface area contributed by atoms with Gasteiger partial charge in [0.25, 0.3) is 0 Å². The lowest BCUT2D eigenvalue weighted by Gasteiger charge is -2.08. The molecule has 0 radical (unpaired) electrons. The molecule has 0 aliphatic heterocycles. The second-order valence-corrected chi connectivity index (χ2v) is 5.29. The van der Waals surface area contributed by atoms with E-state index >= 15 is 0 Å². The van der Waals surface area contributed by atoms with Crippen molar-refractivity contribution in [3.05, 3.63) is 63.7 Å². The van der Waals surface area contributed by atoms with E-state index in [9.17, 15) is 4.79 Å². The van der Waals surface area contributed by atoms with E-state index in [4.69, 9.17) is 16.3 Å².